The fourth-order valence-electron chi connectivity index (χ4n) is 3.15. The van der Waals surface area contributed by atoms with Crippen LogP contribution in [-0.4, -0.2) is 37.5 Å². The molecule has 2 aromatic carbocycles. The molecule has 0 bridgehead atoms. The summed E-state index contributed by atoms with van der Waals surface area (Å²) in [5.74, 6) is 7.68. The molecule has 0 spiro atoms. The van der Waals surface area contributed by atoms with Gasteiger partial charge in [0.1, 0.15) is 11.5 Å². The summed E-state index contributed by atoms with van der Waals surface area (Å²) in [4.78, 5) is 10.9. The number of ether oxygens (including phenoxy) is 3. The summed E-state index contributed by atoms with van der Waals surface area (Å²) in [6.45, 7) is 5.43. The fraction of sp³-hybridized carbons (Fsp3) is 0.414. The van der Waals surface area contributed by atoms with E-state index in [9.17, 15) is 4.79 Å². The fourth-order valence-corrected chi connectivity index (χ4v) is 3.15. The summed E-state index contributed by atoms with van der Waals surface area (Å²) in [6.07, 6.45) is 9.01. The Morgan fingerprint density at radius 3 is 1.59 bits per heavy atom. The molecule has 0 radical (unpaired) electrons. The van der Waals surface area contributed by atoms with Gasteiger partial charge < -0.3 is 19.3 Å². The van der Waals surface area contributed by atoms with Crippen molar-refractivity contribution in [2.24, 2.45) is 0 Å². The number of aliphatic hydroxyl groups is 1. The van der Waals surface area contributed by atoms with E-state index in [4.69, 9.17) is 19.3 Å². The number of unbranched alkanes of at least 4 members (excludes halogenated alkanes) is 6. The molecule has 0 aliphatic rings. The minimum Gasteiger partial charge on any atom is -0.494 e. The largest absolute Gasteiger partial charge is 0.494 e. The summed E-state index contributed by atoms with van der Waals surface area (Å²) in [5, 5.41) is 8.78. The number of esters is 1. The number of aliphatic hydroxyl groups excluding tert-OH is 1. The Hall–Kier alpha value is -3.23. The first kappa shape index (κ1) is 27.0. The van der Waals surface area contributed by atoms with Gasteiger partial charge in [-0.25, -0.2) is 4.79 Å². The van der Waals surface area contributed by atoms with E-state index in [1.54, 1.807) is 0 Å². The SMILES string of the molecule is C=CC(=O)OCCCCCCOc1ccc(C#Cc2ccc(OCCCCCCO)cc2)cc1. The van der Waals surface area contributed by atoms with Crippen molar-refractivity contribution in [2.45, 2.75) is 51.4 Å². The number of carbonyl (C=O) groups is 1. The van der Waals surface area contributed by atoms with Crippen molar-refractivity contribution in [3.05, 3.63) is 72.3 Å². The minimum atomic E-state index is -0.364. The van der Waals surface area contributed by atoms with Crippen LogP contribution in [0.1, 0.15) is 62.5 Å². The Morgan fingerprint density at radius 2 is 1.15 bits per heavy atom. The monoisotopic (exact) mass is 464 g/mol. The summed E-state index contributed by atoms with van der Waals surface area (Å²) >= 11 is 0. The van der Waals surface area contributed by atoms with Gasteiger partial charge in [0.15, 0.2) is 0 Å². The van der Waals surface area contributed by atoms with Crippen molar-refractivity contribution < 1.29 is 24.1 Å². The maximum atomic E-state index is 10.9. The first-order valence-corrected chi connectivity index (χ1v) is 12.1. The van der Waals surface area contributed by atoms with Crippen LogP contribution in [0.3, 0.4) is 0 Å². The second-order valence-electron chi connectivity index (χ2n) is 7.92. The van der Waals surface area contributed by atoms with Gasteiger partial charge in [0, 0.05) is 23.8 Å². The lowest BCUT2D eigenvalue weighted by Crippen LogP contribution is -2.02. The maximum Gasteiger partial charge on any atom is 0.330 e. The second-order valence-corrected chi connectivity index (χ2v) is 7.92. The van der Waals surface area contributed by atoms with E-state index >= 15 is 0 Å². The topological polar surface area (TPSA) is 65.0 Å². The zero-order valence-corrected chi connectivity index (χ0v) is 20.0. The van der Waals surface area contributed by atoms with Gasteiger partial charge in [-0.1, -0.05) is 24.8 Å². The Bertz CT molecular complexity index is 891. The average molecular weight is 465 g/mol. The molecule has 0 aliphatic heterocycles. The van der Waals surface area contributed by atoms with E-state index in [0.717, 1.165) is 74.0 Å². The van der Waals surface area contributed by atoms with Gasteiger partial charge in [0.25, 0.3) is 0 Å². The molecule has 0 amide bonds. The Kier molecular flexibility index (Phi) is 13.7. The first-order chi connectivity index (χ1) is 16.7. The van der Waals surface area contributed by atoms with Crippen LogP contribution in [0.25, 0.3) is 0 Å². The Morgan fingerprint density at radius 1 is 0.706 bits per heavy atom. The number of rotatable bonds is 16. The molecular formula is C29H36O5. The van der Waals surface area contributed by atoms with Gasteiger partial charge in [-0.15, -0.1) is 0 Å². The number of hydrogen-bond donors (Lipinski definition) is 1. The van der Waals surface area contributed by atoms with Crippen LogP contribution in [0, 0.1) is 11.8 Å². The summed E-state index contributed by atoms with van der Waals surface area (Å²) in [5.41, 5.74) is 1.87. The summed E-state index contributed by atoms with van der Waals surface area (Å²) in [7, 11) is 0. The lowest BCUT2D eigenvalue weighted by atomic mass is 10.1. The molecule has 0 atom stereocenters. The smallest absolute Gasteiger partial charge is 0.330 e. The van der Waals surface area contributed by atoms with E-state index in [1.165, 1.54) is 6.08 Å². The third-order valence-electron chi connectivity index (χ3n) is 5.10. The van der Waals surface area contributed by atoms with Crippen molar-refractivity contribution in [3.63, 3.8) is 0 Å². The standard InChI is InChI=1S/C29H36O5/c1-2-29(31)34-24-10-6-5-9-23-33-28-19-15-26(16-20-28)12-11-25-13-17-27(18-14-25)32-22-8-4-3-7-21-30/h2,13-20,30H,1,3-10,21-24H2. The molecule has 1 N–H and O–H groups in total. The highest BCUT2D eigenvalue weighted by Gasteiger charge is 1.98. The van der Waals surface area contributed by atoms with Gasteiger partial charge in [0.05, 0.1) is 19.8 Å². The average Bonchev–Trinajstić information content (AvgIpc) is 2.87. The summed E-state index contributed by atoms with van der Waals surface area (Å²) in [6, 6.07) is 15.6. The molecule has 0 aromatic heterocycles. The van der Waals surface area contributed by atoms with E-state index in [2.05, 4.69) is 18.4 Å². The molecule has 0 saturated carbocycles. The van der Waals surface area contributed by atoms with Gasteiger partial charge in [-0.3, -0.25) is 0 Å². The predicted octanol–water partition coefficient (Wildman–Crippen LogP) is 5.69. The van der Waals surface area contributed by atoms with E-state index in [-0.39, 0.29) is 12.6 Å². The molecule has 0 heterocycles. The maximum absolute atomic E-state index is 10.9. The second kappa shape index (κ2) is 17.3. The zero-order chi connectivity index (χ0) is 24.3. The lowest BCUT2D eigenvalue weighted by molar-refractivity contribution is -0.137. The van der Waals surface area contributed by atoms with Crippen LogP contribution < -0.4 is 9.47 Å². The highest BCUT2D eigenvalue weighted by molar-refractivity contribution is 5.81. The highest BCUT2D eigenvalue weighted by Crippen LogP contribution is 2.14. The molecule has 34 heavy (non-hydrogen) atoms. The quantitative estimate of drug-likeness (QED) is 0.150. The van der Waals surface area contributed by atoms with Gasteiger partial charge in [-0.2, -0.15) is 0 Å². The van der Waals surface area contributed by atoms with E-state index in [0.29, 0.717) is 19.8 Å². The predicted molar refractivity (Wildman–Crippen MR) is 135 cm³/mol. The molecular weight excluding hydrogens is 428 g/mol. The van der Waals surface area contributed by atoms with Gasteiger partial charge >= 0.3 is 5.97 Å². The van der Waals surface area contributed by atoms with Crippen LogP contribution in [0.15, 0.2) is 61.2 Å². The van der Waals surface area contributed by atoms with Crippen LogP contribution in [0.2, 0.25) is 0 Å². The zero-order valence-electron chi connectivity index (χ0n) is 20.0. The van der Waals surface area contributed by atoms with Crippen LogP contribution in [0.5, 0.6) is 11.5 Å². The molecule has 5 nitrogen and oxygen atoms in total. The normalized spacial score (nSPS) is 10.1. The van der Waals surface area contributed by atoms with Gasteiger partial charge in [0.2, 0.25) is 0 Å². The third kappa shape index (κ3) is 12.1. The number of hydrogen-bond acceptors (Lipinski definition) is 5. The van der Waals surface area contributed by atoms with Crippen molar-refractivity contribution in [3.8, 4) is 23.3 Å². The molecule has 0 unspecified atom stereocenters. The van der Waals surface area contributed by atoms with Crippen LogP contribution in [0.4, 0.5) is 0 Å². The van der Waals surface area contributed by atoms with Crippen molar-refractivity contribution >= 4 is 5.97 Å². The Labute approximate surface area is 203 Å². The van der Waals surface area contributed by atoms with Crippen molar-refractivity contribution in [2.75, 3.05) is 26.4 Å². The summed E-state index contributed by atoms with van der Waals surface area (Å²) < 4.78 is 16.5. The third-order valence-corrected chi connectivity index (χ3v) is 5.10. The number of benzene rings is 2. The molecule has 0 fully saturated rings. The molecule has 182 valence electrons. The molecule has 2 rings (SSSR count). The van der Waals surface area contributed by atoms with Crippen molar-refractivity contribution in [1.82, 2.24) is 0 Å². The minimum absolute atomic E-state index is 0.265. The lowest BCUT2D eigenvalue weighted by Gasteiger charge is -2.06. The van der Waals surface area contributed by atoms with E-state index in [1.807, 2.05) is 48.5 Å². The van der Waals surface area contributed by atoms with E-state index < -0.39 is 0 Å². The Balaban J connectivity index is 1.63. The molecule has 0 aliphatic carbocycles. The number of carbonyl (C=O) groups excluding carboxylic acids is 1. The van der Waals surface area contributed by atoms with Crippen molar-refractivity contribution in [1.29, 1.82) is 0 Å². The van der Waals surface area contributed by atoms with Gasteiger partial charge in [-0.05, 0) is 93.5 Å². The molecule has 0 saturated heterocycles. The molecule has 5 heteroatoms. The highest BCUT2D eigenvalue weighted by atomic mass is 16.5. The van der Waals surface area contributed by atoms with Crippen LogP contribution in [-0.2, 0) is 9.53 Å². The van der Waals surface area contributed by atoms with Crippen LogP contribution >= 0.6 is 0 Å². The first-order valence-electron chi connectivity index (χ1n) is 12.1. The molecule has 2 aromatic rings.